The summed E-state index contributed by atoms with van der Waals surface area (Å²) in [6.45, 7) is 8.33. The van der Waals surface area contributed by atoms with Crippen LogP contribution in [0.2, 0.25) is 0 Å². The molecule has 0 saturated carbocycles. The van der Waals surface area contributed by atoms with Crippen molar-refractivity contribution in [1.82, 2.24) is 4.90 Å². The highest BCUT2D eigenvalue weighted by Crippen LogP contribution is 2.42. The summed E-state index contributed by atoms with van der Waals surface area (Å²) in [5, 5.41) is 11.6. The first kappa shape index (κ1) is 25.1. The number of carbonyl (C=O) groups is 2. The van der Waals surface area contributed by atoms with Crippen molar-refractivity contribution in [2.75, 3.05) is 13.7 Å². The number of hydrogen-bond donors (Lipinski definition) is 1. The molecule has 1 atom stereocenters. The van der Waals surface area contributed by atoms with Crippen molar-refractivity contribution in [2.45, 2.75) is 46.2 Å². The minimum atomic E-state index is -0.820. The lowest BCUT2D eigenvalue weighted by Gasteiger charge is -2.25. The molecule has 1 aromatic heterocycles. The number of aliphatic hydroxyl groups excluding tert-OH is 1. The maximum atomic E-state index is 13.4. The Labute approximate surface area is 210 Å². The van der Waals surface area contributed by atoms with E-state index in [1.807, 2.05) is 58.0 Å². The number of carbonyl (C=O) groups excluding carboxylic acids is 2. The van der Waals surface area contributed by atoms with Gasteiger partial charge in [0.1, 0.15) is 23.0 Å². The number of aryl methyl sites for hydroxylation is 1. The first-order valence-electron chi connectivity index (χ1n) is 12.0. The molecule has 1 saturated heterocycles. The molecular weight excluding hydrogens is 458 g/mol. The topological polar surface area (TPSA) is 89.2 Å². The highest BCUT2D eigenvalue weighted by molar-refractivity contribution is 6.46. The van der Waals surface area contributed by atoms with Crippen molar-refractivity contribution >= 4 is 17.4 Å². The van der Waals surface area contributed by atoms with Crippen molar-refractivity contribution in [3.8, 4) is 11.5 Å². The van der Waals surface area contributed by atoms with Gasteiger partial charge in [-0.25, -0.2) is 0 Å². The molecule has 36 heavy (non-hydrogen) atoms. The Hall–Kier alpha value is -4.00. The number of likely N-dealkylation sites (tertiary alicyclic amines) is 1. The number of amides is 1. The van der Waals surface area contributed by atoms with E-state index in [1.54, 1.807) is 25.3 Å². The fourth-order valence-corrected chi connectivity index (χ4v) is 4.63. The number of methoxy groups -OCH3 is 1. The van der Waals surface area contributed by atoms with Gasteiger partial charge in [-0.05, 0) is 72.9 Å². The molecule has 1 aliphatic heterocycles. The second-order valence-corrected chi connectivity index (χ2v) is 9.08. The molecule has 0 radical (unpaired) electrons. The molecule has 1 fully saturated rings. The Morgan fingerprint density at radius 1 is 1.14 bits per heavy atom. The monoisotopic (exact) mass is 489 g/mol. The Kier molecular flexibility index (Phi) is 7.20. The van der Waals surface area contributed by atoms with Crippen molar-refractivity contribution < 1.29 is 28.6 Å². The highest BCUT2D eigenvalue weighted by Gasteiger charge is 2.46. The van der Waals surface area contributed by atoms with E-state index in [1.165, 1.54) is 11.2 Å². The van der Waals surface area contributed by atoms with Crippen LogP contribution in [-0.2, 0) is 16.1 Å². The molecule has 7 nitrogen and oxygen atoms in total. The van der Waals surface area contributed by atoms with Crippen LogP contribution in [0.1, 0.15) is 60.7 Å². The van der Waals surface area contributed by atoms with Crippen LogP contribution in [0.5, 0.6) is 11.5 Å². The van der Waals surface area contributed by atoms with Gasteiger partial charge in [0.2, 0.25) is 0 Å². The first-order chi connectivity index (χ1) is 17.3. The Morgan fingerprint density at radius 3 is 2.56 bits per heavy atom. The molecule has 7 heteroatoms. The summed E-state index contributed by atoms with van der Waals surface area (Å²) < 4.78 is 16.7. The summed E-state index contributed by atoms with van der Waals surface area (Å²) in [5.74, 6) is 0.309. The molecule has 188 valence electrons. The number of ketones is 1. The molecule has 3 aromatic rings. The maximum absolute atomic E-state index is 13.4. The lowest BCUT2D eigenvalue weighted by molar-refractivity contribution is -0.140. The zero-order chi connectivity index (χ0) is 26.0. The molecule has 2 heterocycles. The minimum absolute atomic E-state index is 0.0307. The number of Topliss-reactive ketones (excluding diaryl/α,β-unsaturated/α-hetero) is 1. The van der Waals surface area contributed by atoms with Crippen molar-refractivity contribution in [3.63, 3.8) is 0 Å². The summed E-state index contributed by atoms with van der Waals surface area (Å²) in [6, 6.07) is 13.6. The van der Waals surface area contributed by atoms with Crippen LogP contribution in [0.3, 0.4) is 0 Å². The highest BCUT2D eigenvalue weighted by atomic mass is 16.5. The number of furan rings is 1. The lowest BCUT2D eigenvalue weighted by atomic mass is 9.91. The molecule has 4 rings (SSSR count). The molecule has 0 spiro atoms. The predicted octanol–water partition coefficient (Wildman–Crippen LogP) is 5.74. The SMILES string of the molecule is CCOc1cccc(C2/C(=C(\O)c3cc(C(C)C)c(OC)cc3C)C(=O)C(=O)N2Cc2ccco2)c1. The van der Waals surface area contributed by atoms with Crippen LogP contribution in [0, 0.1) is 6.92 Å². The van der Waals surface area contributed by atoms with Crippen molar-refractivity contribution in [2.24, 2.45) is 0 Å². The van der Waals surface area contributed by atoms with Gasteiger partial charge < -0.3 is 23.9 Å². The minimum Gasteiger partial charge on any atom is -0.507 e. The van der Waals surface area contributed by atoms with E-state index < -0.39 is 17.7 Å². The quantitative estimate of drug-likeness (QED) is 0.247. The van der Waals surface area contributed by atoms with Crippen LogP contribution in [0.15, 0.2) is 64.8 Å². The van der Waals surface area contributed by atoms with Crippen LogP contribution >= 0.6 is 0 Å². The fourth-order valence-electron chi connectivity index (χ4n) is 4.63. The zero-order valence-electron chi connectivity index (χ0n) is 21.2. The van der Waals surface area contributed by atoms with Gasteiger partial charge >= 0.3 is 0 Å². The van der Waals surface area contributed by atoms with E-state index in [0.717, 1.165) is 11.1 Å². The van der Waals surface area contributed by atoms with Gasteiger partial charge in [-0.3, -0.25) is 9.59 Å². The molecular formula is C29H31NO6. The van der Waals surface area contributed by atoms with Gasteiger partial charge in [-0.15, -0.1) is 0 Å². The summed E-state index contributed by atoms with van der Waals surface area (Å²) >= 11 is 0. The summed E-state index contributed by atoms with van der Waals surface area (Å²) in [7, 11) is 1.60. The second kappa shape index (κ2) is 10.3. The molecule has 1 N–H and O–H groups in total. The lowest BCUT2D eigenvalue weighted by Crippen LogP contribution is -2.29. The summed E-state index contributed by atoms with van der Waals surface area (Å²) in [5.41, 5.74) is 2.80. The van der Waals surface area contributed by atoms with E-state index >= 15 is 0 Å². The standard InChI is InChI=1S/C29H31NO6/c1-6-35-20-10-7-9-19(14-20)26-25(28(32)29(33)30(26)16-21-11-8-12-36-21)27(31)23-15-22(17(2)3)24(34-5)13-18(23)4/h7-15,17,26,31H,6,16H2,1-5H3/b27-25+. The first-order valence-corrected chi connectivity index (χ1v) is 12.0. The number of rotatable bonds is 8. The second-order valence-electron chi connectivity index (χ2n) is 9.08. The van der Waals surface area contributed by atoms with Crippen LogP contribution < -0.4 is 9.47 Å². The van der Waals surface area contributed by atoms with E-state index in [2.05, 4.69) is 0 Å². The summed E-state index contributed by atoms with van der Waals surface area (Å²) in [6.07, 6.45) is 1.52. The number of hydrogen-bond acceptors (Lipinski definition) is 6. The van der Waals surface area contributed by atoms with Gasteiger partial charge in [0.05, 0.1) is 38.1 Å². The van der Waals surface area contributed by atoms with Gasteiger partial charge in [-0.1, -0.05) is 26.0 Å². The number of aliphatic hydroxyl groups is 1. The summed E-state index contributed by atoms with van der Waals surface area (Å²) in [4.78, 5) is 28.1. The Balaban J connectivity index is 1.92. The van der Waals surface area contributed by atoms with Gasteiger partial charge in [-0.2, -0.15) is 0 Å². The average molecular weight is 490 g/mol. The third-order valence-electron chi connectivity index (χ3n) is 6.38. The smallest absolute Gasteiger partial charge is 0.296 e. The molecule has 2 aromatic carbocycles. The van der Waals surface area contributed by atoms with E-state index in [4.69, 9.17) is 13.9 Å². The molecule has 1 aliphatic rings. The number of benzene rings is 2. The van der Waals surface area contributed by atoms with Gasteiger partial charge in [0, 0.05) is 5.56 Å². The van der Waals surface area contributed by atoms with E-state index in [-0.39, 0.29) is 23.8 Å². The molecule has 0 bridgehead atoms. The molecule has 1 unspecified atom stereocenters. The zero-order valence-corrected chi connectivity index (χ0v) is 21.2. The largest absolute Gasteiger partial charge is 0.507 e. The van der Waals surface area contributed by atoms with Crippen LogP contribution in [0.25, 0.3) is 5.76 Å². The normalized spacial score (nSPS) is 17.2. The van der Waals surface area contributed by atoms with Crippen molar-refractivity contribution in [1.29, 1.82) is 0 Å². The Bertz CT molecular complexity index is 1310. The van der Waals surface area contributed by atoms with Crippen molar-refractivity contribution in [3.05, 3.63) is 88.4 Å². The van der Waals surface area contributed by atoms with Crippen LogP contribution in [0.4, 0.5) is 0 Å². The average Bonchev–Trinajstić information content (AvgIpc) is 3.46. The third-order valence-corrected chi connectivity index (χ3v) is 6.38. The molecule has 1 amide bonds. The van der Waals surface area contributed by atoms with E-state index in [9.17, 15) is 14.7 Å². The number of nitrogens with zero attached hydrogens (tertiary/aromatic N) is 1. The maximum Gasteiger partial charge on any atom is 0.296 e. The third kappa shape index (κ3) is 4.61. The van der Waals surface area contributed by atoms with Gasteiger partial charge in [0.25, 0.3) is 11.7 Å². The fraction of sp³-hybridized carbons (Fsp3) is 0.310. The number of ether oxygens (including phenoxy) is 2. The predicted molar refractivity (Wildman–Crippen MR) is 136 cm³/mol. The molecule has 0 aliphatic carbocycles. The van der Waals surface area contributed by atoms with E-state index in [0.29, 0.717) is 35.0 Å². The van der Waals surface area contributed by atoms with Crippen LogP contribution in [-0.4, -0.2) is 35.4 Å². The Morgan fingerprint density at radius 2 is 1.92 bits per heavy atom. The van der Waals surface area contributed by atoms with Gasteiger partial charge in [0.15, 0.2) is 0 Å².